The number of nitrogens with zero attached hydrogens (tertiary/aromatic N) is 2. The second-order valence-electron chi connectivity index (χ2n) is 3.82. The third-order valence-corrected chi connectivity index (χ3v) is 2.37. The van der Waals surface area contributed by atoms with Crippen molar-refractivity contribution in [1.29, 1.82) is 0 Å². The van der Waals surface area contributed by atoms with Crippen molar-refractivity contribution in [3.05, 3.63) is 30.0 Å². The summed E-state index contributed by atoms with van der Waals surface area (Å²) in [6.45, 7) is -1.55. The zero-order valence-electron chi connectivity index (χ0n) is 9.86. The summed E-state index contributed by atoms with van der Waals surface area (Å²) in [6.07, 6.45) is -4.50. The lowest BCUT2D eigenvalue weighted by Crippen LogP contribution is -2.29. The molecular formula is C11H10F3N3O2. The molecule has 0 bridgehead atoms. The number of carbonyl (C=O) groups excluding carboxylic acids is 1. The van der Waals surface area contributed by atoms with Gasteiger partial charge in [-0.05, 0) is 6.07 Å². The third kappa shape index (κ3) is 3.02. The van der Waals surface area contributed by atoms with E-state index in [1.165, 1.54) is 4.68 Å². The topological polar surface area (TPSA) is 56.2 Å². The van der Waals surface area contributed by atoms with Crippen molar-refractivity contribution in [1.82, 2.24) is 15.3 Å². The van der Waals surface area contributed by atoms with Gasteiger partial charge in [-0.25, -0.2) is 5.48 Å². The van der Waals surface area contributed by atoms with E-state index in [0.717, 1.165) is 0 Å². The number of amides is 1. The first-order valence-corrected chi connectivity index (χ1v) is 5.29. The Morgan fingerprint density at radius 2 is 2.11 bits per heavy atom. The van der Waals surface area contributed by atoms with Crippen LogP contribution in [0.15, 0.2) is 24.3 Å². The predicted molar refractivity (Wildman–Crippen MR) is 60.2 cm³/mol. The minimum Gasteiger partial charge on any atom is -0.267 e. The Bertz CT molecular complexity index is 607. The molecule has 0 aliphatic carbocycles. The lowest BCUT2D eigenvalue weighted by atomic mass is 10.2. The standard InChI is InChI=1S/C11H10F3N3O2/c1-17-8-5-3-2-4-7(8)9(15-17)10(18)16-19-6-11(12,13)14/h2-5H,6H2,1H3,(H,16,18). The molecule has 1 amide bonds. The average molecular weight is 273 g/mol. The summed E-state index contributed by atoms with van der Waals surface area (Å²) < 4.78 is 37.1. The highest BCUT2D eigenvalue weighted by atomic mass is 19.4. The van der Waals surface area contributed by atoms with Crippen LogP contribution in [0.25, 0.3) is 10.9 Å². The molecule has 102 valence electrons. The average Bonchev–Trinajstić information content (AvgIpc) is 2.66. The largest absolute Gasteiger partial charge is 0.414 e. The summed E-state index contributed by atoms with van der Waals surface area (Å²) in [5, 5.41) is 4.49. The maximum absolute atomic E-state index is 11.9. The summed E-state index contributed by atoms with van der Waals surface area (Å²) in [4.78, 5) is 15.8. The molecule has 1 aromatic heterocycles. The lowest BCUT2D eigenvalue weighted by molar-refractivity contribution is -0.184. The summed E-state index contributed by atoms with van der Waals surface area (Å²) >= 11 is 0. The fraction of sp³-hybridized carbons (Fsp3) is 0.273. The van der Waals surface area contributed by atoms with Crippen LogP contribution in [0, 0.1) is 0 Å². The van der Waals surface area contributed by atoms with E-state index in [-0.39, 0.29) is 5.69 Å². The van der Waals surface area contributed by atoms with E-state index < -0.39 is 18.7 Å². The molecule has 2 rings (SSSR count). The van der Waals surface area contributed by atoms with Gasteiger partial charge in [-0.1, -0.05) is 18.2 Å². The number of alkyl halides is 3. The van der Waals surface area contributed by atoms with Crippen molar-refractivity contribution >= 4 is 16.8 Å². The zero-order valence-corrected chi connectivity index (χ0v) is 9.86. The number of hydrogen-bond acceptors (Lipinski definition) is 3. The number of carbonyl (C=O) groups is 1. The van der Waals surface area contributed by atoms with Gasteiger partial charge in [0.1, 0.15) is 0 Å². The molecule has 5 nitrogen and oxygen atoms in total. The normalized spacial score (nSPS) is 11.8. The molecule has 0 spiro atoms. The van der Waals surface area contributed by atoms with Gasteiger partial charge in [-0.15, -0.1) is 0 Å². The summed E-state index contributed by atoms with van der Waals surface area (Å²) in [7, 11) is 1.63. The van der Waals surface area contributed by atoms with E-state index in [1.54, 1.807) is 36.8 Å². The number of hydrogen-bond donors (Lipinski definition) is 1. The summed E-state index contributed by atoms with van der Waals surface area (Å²) in [5.41, 5.74) is 2.44. The van der Waals surface area contributed by atoms with Gasteiger partial charge in [0.15, 0.2) is 12.3 Å². The van der Waals surface area contributed by atoms with Gasteiger partial charge in [0.05, 0.1) is 5.52 Å². The van der Waals surface area contributed by atoms with Crippen LogP contribution >= 0.6 is 0 Å². The van der Waals surface area contributed by atoms with Gasteiger partial charge in [0, 0.05) is 12.4 Å². The number of aryl methyl sites for hydroxylation is 1. The molecule has 1 aromatic carbocycles. The second-order valence-corrected chi connectivity index (χ2v) is 3.82. The van der Waals surface area contributed by atoms with E-state index in [2.05, 4.69) is 9.94 Å². The molecule has 2 aromatic rings. The van der Waals surface area contributed by atoms with E-state index >= 15 is 0 Å². The highest BCUT2D eigenvalue weighted by Crippen LogP contribution is 2.17. The van der Waals surface area contributed by atoms with Crippen molar-refractivity contribution in [3.63, 3.8) is 0 Å². The molecule has 1 heterocycles. The van der Waals surface area contributed by atoms with E-state index in [9.17, 15) is 18.0 Å². The maximum atomic E-state index is 11.9. The monoisotopic (exact) mass is 273 g/mol. The van der Waals surface area contributed by atoms with Crippen LogP contribution in [0.4, 0.5) is 13.2 Å². The Labute approximate surface area is 105 Å². The van der Waals surface area contributed by atoms with Gasteiger partial charge in [0.25, 0.3) is 5.91 Å². The Morgan fingerprint density at radius 3 is 2.79 bits per heavy atom. The van der Waals surface area contributed by atoms with Crippen molar-refractivity contribution in [2.45, 2.75) is 6.18 Å². The number of rotatable bonds is 3. The highest BCUT2D eigenvalue weighted by molar-refractivity contribution is 6.04. The van der Waals surface area contributed by atoms with Gasteiger partial charge in [0.2, 0.25) is 0 Å². The number of halogens is 3. The van der Waals surface area contributed by atoms with Crippen molar-refractivity contribution in [3.8, 4) is 0 Å². The first-order valence-electron chi connectivity index (χ1n) is 5.29. The van der Waals surface area contributed by atoms with Crippen LogP contribution < -0.4 is 5.48 Å². The first-order chi connectivity index (χ1) is 8.88. The lowest BCUT2D eigenvalue weighted by Gasteiger charge is -2.07. The molecule has 0 radical (unpaired) electrons. The molecule has 0 fully saturated rings. The summed E-state index contributed by atoms with van der Waals surface area (Å²) in [6, 6.07) is 6.87. The number of hydroxylamine groups is 1. The fourth-order valence-electron chi connectivity index (χ4n) is 1.61. The van der Waals surface area contributed by atoms with E-state index in [0.29, 0.717) is 10.9 Å². The fourth-order valence-corrected chi connectivity index (χ4v) is 1.61. The van der Waals surface area contributed by atoms with Crippen molar-refractivity contribution < 1.29 is 22.8 Å². The molecular weight excluding hydrogens is 263 g/mol. The quantitative estimate of drug-likeness (QED) is 0.867. The Balaban J connectivity index is 2.14. The molecule has 19 heavy (non-hydrogen) atoms. The molecule has 0 saturated heterocycles. The highest BCUT2D eigenvalue weighted by Gasteiger charge is 2.28. The summed E-state index contributed by atoms with van der Waals surface area (Å²) in [5.74, 6) is -0.818. The number of nitrogens with one attached hydrogen (secondary N) is 1. The van der Waals surface area contributed by atoms with Gasteiger partial charge >= 0.3 is 6.18 Å². The third-order valence-electron chi connectivity index (χ3n) is 2.37. The Hall–Kier alpha value is -2.09. The number of fused-ring (bicyclic) bond motifs is 1. The second kappa shape index (κ2) is 4.88. The minimum atomic E-state index is -4.50. The van der Waals surface area contributed by atoms with Crippen molar-refractivity contribution in [2.75, 3.05) is 6.61 Å². The maximum Gasteiger partial charge on any atom is 0.414 e. The van der Waals surface area contributed by atoms with Gasteiger partial charge in [-0.2, -0.15) is 18.3 Å². The van der Waals surface area contributed by atoms with Crippen LogP contribution in [-0.4, -0.2) is 28.5 Å². The van der Waals surface area contributed by atoms with Crippen LogP contribution in [-0.2, 0) is 11.9 Å². The smallest absolute Gasteiger partial charge is 0.267 e. The van der Waals surface area contributed by atoms with Gasteiger partial charge in [-0.3, -0.25) is 14.3 Å². The molecule has 0 aliphatic heterocycles. The van der Waals surface area contributed by atoms with E-state index in [4.69, 9.17) is 0 Å². The molecule has 0 saturated carbocycles. The van der Waals surface area contributed by atoms with Crippen LogP contribution in [0.5, 0.6) is 0 Å². The van der Waals surface area contributed by atoms with Crippen LogP contribution in [0.1, 0.15) is 10.5 Å². The SMILES string of the molecule is Cn1nc(C(=O)NOCC(F)(F)F)c2ccccc21. The Morgan fingerprint density at radius 1 is 1.42 bits per heavy atom. The number of para-hydroxylation sites is 1. The van der Waals surface area contributed by atoms with E-state index in [1.807, 2.05) is 0 Å². The molecule has 0 aliphatic rings. The number of benzene rings is 1. The molecule has 0 unspecified atom stereocenters. The minimum absolute atomic E-state index is 0.0141. The first kappa shape index (κ1) is 13.3. The molecule has 1 N–H and O–H groups in total. The van der Waals surface area contributed by atoms with Crippen molar-refractivity contribution in [2.24, 2.45) is 7.05 Å². The van der Waals surface area contributed by atoms with Gasteiger partial charge < -0.3 is 0 Å². The molecule has 0 atom stereocenters. The molecule has 8 heteroatoms. The van der Waals surface area contributed by atoms with Crippen LogP contribution in [0.2, 0.25) is 0 Å². The Kier molecular flexibility index (Phi) is 3.43. The van der Waals surface area contributed by atoms with Crippen LogP contribution in [0.3, 0.4) is 0 Å². The number of aromatic nitrogens is 2. The zero-order chi connectivity index (χ0) is 14.0. The predicted octanol–water partition coefficient (Wildman–Crippen LogP) is 1.80.